The lowest BCUT2D eigenvalue weighted by molar-refractivity contribution is 0.602. The Balaban J connectivity index is 1.97. The van der Waals surface area contributed by atoms with Crippen LogP contribution in [0.5, 0.6) is 0 Å². The summed E-state index contributed by atoms with van der Waals surface area (Å²) in [5, 5.41) is 3.32. The molecule has 0 aromatic heterocycles. The molecule has 2 unspecified atom stereocenters. The molecule has 1 saturated carbocycles. The minimum absolute atomic E-state index is 0.373. The molecule has 4 heteroatoms. The Morgan fingerprint density at radius 3 is 2.31 bits per heavy atom. The number of rotatable bonds is 4. The lowest BCUT2D eigenvalue weighted by atomic mass is 10.3. The van der Waals surface area contributed by atoms with Crippen LogP contribution in [-0.4, -0.2) is 21.2 Å². The Hall–Kier alpha value is -1.03. The molecule has 0 aliphatic heterocycles. The molecular formula is C12H17NO2S. The van der Waals surface area contributed by atoms with Crippen molar-refractivity contribution >= 4 is 15.5 Å². The standard InChI is InChI=1S/C12H17NO2S/c1-9-7-10(9)8-13-11-3-5-12(6-4-11)16(2,14)15/h3-6,9-10,13H,7-8H2,1-2H3. The van der Waals surface area contributed by atoms with Gasteiger partial charge in [-0.15, -0.1) is 0 Å². The summed E-state index contributed by atoms with van der Waals surface area (Å²) in [4.78, 5) is 0.373. The van der Waals surface area contributed by atoms with Gasteiger partial charge >= 0.3 is 0 Å². The Bertz CT molecular complexity index is 464. The van der Waals surface area contributed by atoms with Crippen LogP contribution in [0.25, 0.3) is 0 Å². The molecule has 1 N–H and O–H groups in total. The highest BCUT2D eigenvalue weighted by Crippen LogP contribution is 2.37. The van der Waals surface area contributed by atoms with E-state index >= 15 is 0 Å². The van der Waals surface area contributed by atoms with Crippen molar-refractivity contribution < 1.29 is 8.42 Å². The molecule has 0 bridgehead atoms. The van der Waals surface area contributed by atoms with E-state index in [4.69, 9.17) is 0 Å². The average molecular weight is 239 g/mol. The van der Waals surface area contributed by atoms with Crippen molar-refractivity contribution in [3.8, 4) is 0 Å². The van der Waals surface area contributed by atoms with Crippen LogP contribution in [0, 0.1) is 11.8 Å². The third-order valence-corrected chi connectivity index (χ3v) is 4.26. The van der Waals surface area contributed by atoms with E-state index in [1.54, 1.807) is 12.1 Å². The van der Waals surface area contributed by atoms with Gasteiger partial charge in [0.1, 0.15) is 0 Å². The molecule has 0 radical (unpaired) electrons. The van der Waals surface area contributed by atoms with Crippen LogP contribution in [0.3, 0.4) is 0 Å². The number of benzene rings is 1. The average Bonchev–Trinajstić information content (AvgIpc) is 2.91. The summed E-state index contributed by atoms with van der Waals surface area (Å²) < 4.78 is 22.5. The first kappa shape index (κ1) is 11.5. The highest BCUT2D eigenvalue weighted by molar-refractivity contribution is 7.90. The third-order valence-electron chi connectivity index (χ3n) is 3.13. The van der Waals surface area contributed by atoms with E-state index in [2.05, 4.69) is 12.2 Å². The van der Waals surface area contributed by atoms with Crippen molar-refractivity contribution in [3.63, 3.8) is 0 Å². The summed E-state index contributed by atoms with van der Waals surface area (Å²) in [6.45, 7) is 3.23. The predicted octanol–water partition coefficient (Wildman–Crippen LogP) is 2.16. The first-order valence-electron chi connectivity index (χ1n) is 5.51. The van der Waals surface area contributed by atoms with Gasteiger partial charge in [0, 0.05) is 18.5 Å². The van der Waals surface area contributed by atoms with Gasteiger partial charge in [-0.2, -0.15) is 0 Å². The largest absolute Gasteiger partial charge is 0.385 e. The molecule has 88 valence electrons. The van der Waals surface area contributed by atoms with E-state index in [0.29, 0.717) is 4.90 Å². The van der Waals surface area contributed by atoms with Crippen LogP contribution in [0.15, 0.2) is 29.2 Å². The Labute approximate surface area is 96.8 Å². The SMILES string of the molecule is CC1CC1CNc1ccc(S(C)(=O)=O)cc1. The first-order valence-corrected chi connectivity index (χ1v) is 7.40. The number of hydrogen-bond donors (Lipinski definition) is 1. The predicted molar refractivity (Wildman–Crippen MR) is 65.3 cm³/mol. The topological polar surface area (TPSA) is 46.2 Å². The maximum atomic E-state index is 11.2. The zero-order valence-electron chi connectivity index (χ0n) is 9.60. The lowest BCUT2D eigenvalue weighted by Gasteiger charge is -2.06. The summed E-state index contributed by atoms with van der Waals surface area (Å²) >= 11 is 0. The highest BCUT2D eigenvalue weighted by Gasteiger charge is 2.31. The zero-order chi connectivity index (χ0) is 11.8. The molecular weight excluding hydrogens is 222 g/mol. The van der Waals surface area contributed by atoms with Crippen molar-refractivity contribution in [2.24, 2.45) is 11.8 Å². The summed E-state index contributed by atoms with van der Waals surface area (Å²) in [6.07, 6.45) is 2.52. The number of sulfone groups is 1. The van der Waals surface area contributed by atoms with Gasteiger partial charge in [-0.05, 0) is 42.5 Å². The Kier molecular flexibility index (Phi) is 2.93. The van der Waals surface area contributed by atoms with Gasteiger partial charge in [0.05, 0.1) is 4.90 Å². The molecule has 0 saturated heterocycles. The van der Waals surface area contributed by atoms with E-state index in [0.717, 1.165) is 24.1 Å². The number of nitrogens with one attached hydrogen (secondary N) is 1. The monoisotopic (exact) mass is 239 g/mol. The van der Waals surface area contributed by atoms with E-state index in [1.165, 1.54) is 12.7 Å². The van der Waals surface area contributed by atoms with Crippen molar-refractivity contribution in [2.75, 3.05) is 18.1 Å². The fraction of sp³-hybridized carbons (Fsp3) is 0.500. The second-order valence-electron chi connectivity index (χ2n) is 4.65. The van der Waals surface area contributed by atoms with Crippen LogP contribution in [0.4, 0.5) is 5.69 Å². The zero-order valence-corrected chi connectivity index (χ0v) is 10.4. The van der Waals surface area contributed by atoms with Gasteiger partial charge in [0.25, 0.3) is 0 Å². The van der Waals surface area contributed by atoms with Crippen molar-refractivity contribution in [3.05, 3.63) is 24.3 Å². The number of anilines is 1. The first-order chi connectivity index (χ1) is 7.47. The molecule has 0 spiro atoms. The summed E-state index contributed by atoms with van der Waals surface area (Å²) in [6, 6.07) is 6.94. The molecule has 1 fully saturated rings. The molecule has 16 heavy (non-hydrogen) atoms. The van der Waals surface area contributed by atoms with Crippen LogP contribution < -0.4 is 5.32 Å². The van der Waals surface area contributed by atoms with E-state index in [9.17, 15) is 8.42 Å². The van der Waals surface area contributed by atoms with Gasteiger partial charge < -0.3 is 5.32 Å². The molecule has 0 heterocycles. The Morgan fingerprint density at radius 2 is 1.88 bits per heavy atom. The van der Waals surface area contributed by atoms with E-state index < -0.39 is 9.84 Å². The van der Waals surface area contributed by atoms with Gasteiger partial charge in [-0.1, -0.05) is 6.92 Å². The van der Waals surface area contributed by atoms with Gasteiger partial charge in [-0.25, -0.2) is 8.42 Å². The molecule has 2 atom stereocenters. The smallest absolute Gasteiger partial charge is 0.175 e. The minimum atomic E-state index is -3.08. The third kappa shape index (κ3) is 2.76. The fourth-order valence-corrected chi connectivity index (χ4v) is 2.38. The van der Waals surface area contributed by atoms with Gasteiger partial charge in [-0.3, -0.25) is 0 Å². The molecule has 1 aromatic rings. The number of hydrogen-bond acceptors (Lipinski definition) is 3. The van der Waals surface area contributed by atoms with Crippen molar-refractivity contribution in [2.45, 2.75) is 18.2 Å². The summed E-state index contributed by atoms with van der Waals surface area (Å²) in [5.41, 5.74) is 0.992. The fourth-order valence-electron chi connectivity index (χ4n) is 1.75. The summed E-state index contributed by atoms with van der Waals surface area (Å²) in [7, 11) is -3.08. The van der Waals surface area contributed by atoms with E-state index in [1.807, 2.05) is 12.1 Å². The minimum Gasteiger partial charge on any atom is -0.385 e. The maximum absolute atomic E-state index is 11.2. The van der Waals surface area contributed by atoms with Gasteiger partial charge in [0.2, 0.25) is 0 Å². The second kappa shape index (κ2) is 4.09. The van der Waals surface area contributed by atoms with Crippen LogP contribution >= 0.6 is 0 Å². The molecule has 2 rings (SSSR count). The van der Waals surface area contributed by atoms with Gasteiger partial charge in [0.15, 0.2) is 9.84 Å². The van der Waals surface area contributed by atoms with Crippen LogP contribution in [-0.2, 0) is 9.84 Å². The molecule has 1 aliphatic carbocycles. The highest BCUT2D eigenvalue weighted by atomic mass is 32.2. The quantitative estimate of drug-likeness (QED) is 0.875. The second-order valence-corrected chi connectivity index (χ2v) is 6.67. The molecule has 1 aromatic carbocycles. The van der Waals surface area contributed by atoms with Crippen LogP contribution in [0.1, 0.15) is 13.3 Å². The van der Waals surface area contributed by atoms with Crippen LogP contribution in [0.2, 0.25) is 0 Å². The van der Waals surface area contributed by atoms with E-state index in [-0.39, 0.29) is 0 Å². The summed E-state index contributed by atoms with van der Waals surface area (Å²) in [5.74, 6) is 1.62. The molecule has 0 amide bonds. The maximum Gasteiger partial charge on any atom is 0.175 e. The van der Waals surface area contributed by atoms with Crippen molar-refractivity contribution in [1.82, 2.24) is 0 Å². The molecule has 3 nitrogen and oxygen atoms in total. The van der Waals surface area contributed by atoms with Crippen molar-refractivity contribution in [1.29, 1.82) is 0 Å². The normalized spacial score (nSPS) is 24.1. The molecule has 1 aliphatic rings. The Morgan fingerprint density at radius 1 is 1.31 bits per heavy atom. The lowest BCUT2D eigenvalue weighted by Crippen LogP contribution is -2.04.